The number of fused-ring (bicyclic) bond motifs is 1. The van der Waals surface area contributed by atoms with Crippen LogP contribution in [0.25, 0.3) is 0 Å². The first-order valence-corrected chi connectivity index (χ1v) is 9.73. The van der Waals surface area contributed by atoms with Crippen molar-refractivity contribution in [3.05, 3.63) is 11.6 Å². The van der Waals surface area contributed by atoms with Gasteiger partial charge in [0.15, 0.2) is 5.96 Å². The fourth-order valence-electron chi connectivity index (χ4n) is 3.85. The highest BCUT2D eigenvalue weighted by atomic mass is 127. The Morgan fingerprint density at radius 3 is 2.77 bits per heavy atom. The molecular weight excluding hydrogens is 443 g/mol. The zero-order valence-corrected chi connectivity index (χ0v) is 18.4. The predicted octanol–water partition coefficient (Wildman–Crippen LogP) is 2.05. The average molecular weight is 476 g/mol. The molecule has 8 heteroatoms. The van der Waals surface area contributed by atoms with E-state index in [1.807, 2.05) is 0 Å². The van der Waals surface area contributed by atoms with Crippen LogP contribution in [0, 0.1) is 5.92 Å². The van der Waals surface area contributed by atoms with Crippen LogP contribution in [0.4, 0.5) is 0 Å². The molecular formula is C18H33IN6O. The van der Waals surface area contributed by atoms with Gasteiger partial charge in [0.05, 0.1) is 6.10 Å². The zero-order valence-electron chi connectivity index (χ0n) is 16.1. The number of aryl methyl sites for hydroxylation is 1. The van der Waals surface area contributed by atoms with Gasteiger partial charge in [-0.1, -0.05) is 20.3 Å². The summed E-state index contributed by atoms with van der Waals surface area (Å²) in [5.41, 5.74) is 0. The van der Waals surface area contributed by atoms with Gasteiger partial charge in [0.25, 0.3) is 0 Å². The van der Waals surface area contributed by atoms with Crippen molar-refractivity contribution in [3.63, 3.8) is 0 Å². The molecule has 0 bridgehead atoms. The lowest BCUT2D eigenvalue weighted by Gasteiger charge is -2.27. The summed E-state index contributed by atoms with van der Waals surface area (Å²) in [6, 6.07) is 0.326. The molecule has 148 valence electrons. The number of hydrogen-bond acceptors (Lipinski definition) is 4. The molecule has 1 saturated carbocycles. The lowest BCUT2D eigenvalue weighted by Crippen LogP contribution is -2.47. The number of rotatable bonds is 5. The third kappa shape index (κ3) is 5.09. The van der Waals surface area contributed by atoms with E-state index in [2.05, 4.69) is 46.2 Å². The molecule has 3 atom stereocenters. The Hall–Kier alpha value is -0.900. The van der Waals surface area contributed by atoms with Gasteiger partial charge in [0.2, 0.25) is 0 Å². The molecule has 1 fully saturated rings. The molecule has 0 amide bonds. The molecule has 1 aromatic rings. The second-order valence-electron chi connectivity index (χ2n) is 7.60. The summed E-state index contributed by atoms with van der Waals surface area (Å²) in [6.45, 7) is 8.81. The maximum absolute atomic E-state index is 9.99. The molecule has 3 N–H and O–H groups in total. The Balaban J connectivity index is 0.00000243. The fraction of sp³-hybridized carbons (Fsp3) is 0.833. The van der Waals surface area contributed by atoms with Crippen molar-refractivity contribution in [2.75, 3.05) is 13.1 Å². The molecule has 2 aliphatic rings. The fourth-order valence-corrected chi connectivity index (χ4v) is 3.85. The first-order chi connectivity index (χ1) is 12.1. The number of aliphatic hydroxyl groups is 1. The van der Waals surface area contributed by atoms with Crippen LogP contribution >= 0.6 is 24.0 Å². The van der Waals surface area contributed by atoms with Crippen molar-refractivity contribution in [1.82, 2.24) is 25.4 Å². The second-order valence-corrected chi connectivity index (χ2v) is 7.60. The topological polar surface area (TPSA) is 87.4 Å². The lowest BCUT2D eigenvalue weighted by molar-refractivity contribution is 0.136. The third-order valence-corrected chi connectivity index (χ3v) is 5.28. The number of nitrogens with zero attached hydrogens (tertiary/aromatic N) is 4. The van der Waals surface area contributed by atoms with Crippen LogP contribution in [0.15, 0.2) is 4.99 Å². The van der Waals surface area contributed by atoms with Gasteiger partial charge in [-0.15, -0.1) is 34.2 Å². The molecule has 3 rings (SSSR count). The molecule has 0 radical (unpaired) electrons. The van der Waals surface area contributed by atoms with Crippen molar-refractivity contribution in [1.29, 1.82) is 0 Å². The van der Waals surface area contributed by atoms with E-state index >= 15 is 0 Å². The predicted molar refractivity (Wildman–Crippen MR) is 114 cm³/mol. The Bertz CT molecular complexity index is 603. The van der Waals surface area contributed by atoms with Crippen molar-refractivity contribution in [2.45, 2.75) is 77.5 Å². The summed E-state index contributed by atoms with van der Waals surface area (Å²) < 4.78 is 2.26. The minimum Gasteiger partial charge on any atom is -0.393 e. The van der Waals surface area contributed by atoms with Gasteiger partial charge in [-0.05, 0) is 26.2 Å². The van der Waals surface area contributed by atoms with E-state index < -0.39 is 0 Å². The van der Waals surface area contributed by atoms with Crippen LogP contribution in [0.3, 0.4) is 0 Å². The number of aliphatic hydroxyl groups excluding tert-OH is 1. The monoisotopic (exact) mass is 476 g/mol. The van der Waals surface area contributed by atoms with Crippen LogP contribution in [0.1, 0.15) is 64.0 Å². The quantitative estimate of drug-likeness (QED) is 0.344. The van der Waals surface area contributed by atoms with E-state index in [9.17, 15) is 5.11 Å². The van der Waals surface area contributed by atoms with E-state index in [0.29, 0.717) is 24.4 Å². The van der Waals surface area contributed by atoms with Crippen LogP contribution in [-0.4, -0.2) is 51.1 Å². The van der Waals surface area contributed by atoms with Gasteiger partial charge in [-0.25, -0.2) is 0 Å². The number of aromatic nitrogens is 3. The maximum atomic E-state index is 9.99. The van der Waals surface area contributed by atoms with Gasteiger partial charge >= 0.3 is 0 Å². The Morgan fingerprint density at radius 2 is 2.12 bits per heavy atom. The summed E-state index contributed by atoms with van der Waals surface area (Å²) in [4.78, 5) is 4.74. The minimum absolute atomic E-state index is 0. The molecule has 1 aliphatic carbocycles. The van der Waals surface area contributed by atoms with Gasteiger partial charge in [-0.2, -0.15) is 0 Å². The highest BCUT2D eigenvalue weighted by Gasteiger charge is 2.26. The highest BCUT2D eigenvalue weighted by molar-refractivity contribution is 14.0. The summed E-state index contributed by atoms with van der Waals surface area (Å²) in [6.07, 6.45) is 4.90. The number of guanidine groups is 1. The number of halogens is 1. The Morgan fingerprint density at radius 1 is 1.31 bits per heavy atom. The van der Waals surface area contributed by atoms with Crippen LogP contribution in [-0.2, 0) is 13.0 Å². The Kier molecular flexibility index (Phi) is 8.12. The van der Waals surface area contributed by atoms with Gasteiger partial charge in [0, 0.05) is 43.9 Å². The van der Waals surface area contributed by atoms with Crippen molar-refractivity contribution in [2.24, 2.45) is 10.9 Å². The minimum atomic E-state index is -0.186. The SMILES string of the molecule is CCNC(=NCC1CCCC1O)NC1CCc2nnc(C(C)C)n2C1.I. The van der Waals surface area contributed by atoms with E-state index in [-0.39, 0.29) is 30.1 Å². The summed E-state index contributed by atoms with van der Waals surface area (Å²) in [7, 11) is 0. The zero-order chi connectivity index (χ0) is 17.8. The standard InChI is InChI=1S/C18H32N6O.HI/c1-4-19-18(20-10-13-6-5-7-15(13)25)21-14-8-9-16-22-23-17(12(2)3)24(16)11-14;/h12-15,25H,4-11H2,1-3H3,(H2,19,20,21);1H. The average Bonchev–Trinajstić information content (AvgIpc) is 3.18. The largest absolute Gasteiger partial charge is 0.393 e. The number of hydrogen-bond donors (Lipinski definition) is 3. The highest BCUT2D eigenvalue weighted by Crippen LogP contribution is 2.25. The van der Waals surface area contributed by atoms with E-state index in [0.717, 1.165) is 62.8 Å². The smallest absolute Gasteiger partial charge is 0.191 e. The van der Waals surface area contributed by atoms with Crippen molar-refractivity contribution < 1.29 is 5.11 Å². The van der Waals surface area contributed by atoms with Gasteiger partial charge in [-0.3, -0.25) is 4.99 Å². The van der Waals surface area contributed by atoms with Crippen molar-refractivity contribution in [3.8, 4) is 0 Å². The number of nitrogens with one attached hydrogen (secondary N) is 2. The lowest BCUT2D eigenvalue weighted by atomic mass is 10.1. The second kappa shape index (κ2) is 9.87. The first kappa shape index (κ1) is 21.4. The van der Waals surface area contributed by atoms with Crippen LogP contribution < -0.4 is 10.6 Å². The summed E-state index contributed by atoms with van der Waals surface area (Å²) in [5, 5.41) is 25.6. The van der Waals surface area contributed by atoms with E-state index in [1.165, 1.54) is 0 Å². The molecule has 1 aromatic heterocycles. The molecule has 7 nitrogen and oxygen atoms in total. The van der Waals surface area contributed by atoms with Gasteiger partial charge in [0.1, 0.15) is 11.6 Å². The summed E-state index contributed by atoms with van der Waals surface area (Å²) >= 11 is 0. The Labute approximate surface area is 173 Å². The van der Waals surface area contributed by atoms with Gasteiger partial charge < -0.3 is 20.3 Å². The summed E-state index contributed by atoms with van der Waals surface area (Å²) in [5.74, 6) is 3.70. The molecule has 0 aromatic carbocycles. The molecule has 2 heterocycles. The van der Waals surface area contributed by atoms with E-state index in [1.54, 1.807) is 0 Å². The normalized spacial score (nSPS) is 25.7. The number of aliphatic imine (C=N–C) groups is 1. The molecule has 0 saturated heterocycles. The first-order valence-electron chi connectivity index (χ1n) is 9.73. The molecule has 3 unspecified atom stereocenters. The van der Waals surface area contributed by atoms with Crippen molar-refractivity contribution >= 4 is 29.9 Å². The molecule has 26 heavy (non-hydrogen) atoms. The van der Waals surface area contributed by atoms with E-state index in [4.69, 9.17) is 4.99 Å². The third-order valence-electron chi connectivity index (χ3n) is 5.28. The maximum Gasteiger partial charge on any atom is 0.191 e. The van der Waals surface area contributed by atoms with Crippen LogP contribution in [0.5, 0.6) is 0 Å². The molecule has 0 spiro atoms. The molecule has 1 aliphatic heterocycles. The van der Waals surface area contributed by atoms with Crippen LogP contribution in [0.2, 0.25) is 0 Å².